The maximum Gasteiger partial charge on any atom is 0.0731 e. The molecule has 4 atom stereocenters. The number of ether oxygens (including phenoxy) is 1. The molecule has 19 heavy (non-hydrogen) atoms. The van der Waals surface area contributed by atoms with Gasteiger partial charge in [-0.05, 0) is 45.1 Å². The topological polar surface area (TPSA) is 24.5 Å². The fourth-order valence-electron chi connectivity index (χ4n) is 4.37. The Labute approximate surface area is 118 Å². The second kappa shape index (κ2) is 6.55. The van der Waals surface area contributed by atoms with Gasteiger partial charge in [0.05, 0.1) is 12.7 Å². The average Bonchev–Trinajstić information content (AvgIpc) is 2.93. The third-order valence-corrected chi connectivity index (χ3v) is 5.33. The highest BCUT2D eigenvalue weighted by atomic mass is 16.5. The van der Waals surface area contributed by atoms with Crippen LogP contribution in [0.15, 0.2) is 0 Å². The molecule has 0 spiro atoms. The van der Waals surface area contributed by atoms with Gasteiger partial charge in [0.15, 0.2) is 0 Å². The van der Waals surface area contributed by atoms with Gasteiger partial charge < -0.3 is 10.1 Å². The first kappa shape index (κ1) is 13.8. The first-order chi connectivity index (χ1) is 9.38. The number of morpholine rings is 1. The number of nitrogens with zero attached hydrogens (tertiary/aromatic N) is 1. The van der Waals surface area contributed by atoms with E-state index >= 15 is 0 Å². The van der Waals surface area contributed by atoms with E-state index in [1.807, 2.05) is 0 Å². The summed E-state index contributed by atoms with van der Waals surface area (Å²) in [5.41, 5.74) is 0. The molecule has 0 amide bonds. The highest BCUT2D eigenvalue weighted by Crippen LogP contribution is 2.34. The molecule has 3 rings (SSSR count). The van der Waals surface area contributed by atoms with Crippen molar-refractivity contribution in [1.29, 1.82) is 0 Å². The largest absolute Gasteiger partial charge is 0.375 e. The number of hydrogen-bond acceptors (Lipinski definition) is 3. The molecule has 1 saturated heterocycles. The van der Waals surface area contributed by atoms with Crippen molar-refractivity contribution < 1.29 is 4.74 Å². The third kappa shape index (κ3) is 3.14. The lowest BCUT2D eigenvalue weighted by Crippen LogP contribution is -2.56. The molecule has 3 aliphatic rings. The van der Waals surface area contributed by atoms with E-state index in [2.05, 4.69) is 17.1 Å². The SMILES string of the molecule is CCCNC1CCC(N2CCOC3CCCCC32)C1. The van der Waals surface area contributed by atoms with Gasteiger partial charge in [0, 0.05) is 24.7 Å². The predicted octanol–water partition coefficient (Wildman–Crippen LogP) is 2.55. The molecule has 2 aliphatic carbocycles. The molecule has 4 unspecified atom stereocenters. The zero-order chi connectivity index (χ0) is 13.1. The summed E-state index contributed by atoms with van der Waals surface area (Å²) in [4.78, 5) is 2.82. The monoisotopic (exact) mass is 266 g/mol. The van der Waals surface area contributed by atoms with Gasteiger partial charge in [0.25, 0.3) is 0 Å². The highest BCUT2D eigenvalue weighted by Gasteiger charge is 2.39. The van der Waals surface area contributed by atoms with Crippen LogP contribution in [0.2, 0.25) is 0 Å². The summed E-state index contributed by atoms with van der Waals surface area (Å²) >= 11 is 0. The van der Waals surface area contributed by atoms with Crippen molar-refractivity contribution in [2.75, 3.05) is 19.7 Å². The van der Waals surface area contributed by atoms with Crippen LogP contribution in [0.1, 0.15) is 58.3 Å². The maximum absolute atomic E-state index is 6.01. The molecule has 0 aromatic carbocycles. The number of fused-ring (bicyclic) bond motifs is 1. The minimum absolute atomic E-state index is 0.546. The van der Waals surface area contributed by atoms with Gasteiger partial charge >= 0.3 is 0 Å². The number of nitrogens with one attached hydrogen (secondary N) is 1. The van der Waals surface area contributed by atoms with Crippen molar-refractivity contribution in [1.82, 2.24) is 10.2 Å². The van der Waals surface area contributed by atoms with Gasteiger partial charge in [0.1, 0.15) is 0 Å². The average molecular weight is 266 g/mol. The molecule has 1 N–H and O–H groups in total. The molecule has 0 bridgehead atoms. The Bertz CT molecular complexity index is 282. The van der Waals surface area contributed by atoms with Crippen molar-refractivity contribution in [3.05, 3.63) is 0 Å². The van der Waals surface area contributed by atoms with Gasteiger partial charge in [-0.1, -0.05) is 19.8 Å². The van der Waals surface area contributed by atoms with Gasteiger partial charge in [-0.3, -0.25) is 4.90 Å². The van der Waals surface area contributed by atoms with Crippen LogP contribution in [0.3, 0.4) is 0 Å². The zero-order valence-electron chi connectivity index (χ0n) is 12.4. The smallest absolute Gasteiger partial charge is 0.0731 e. The molecule has 110 valence electrons. The minimum atomic E-state index is 0.546. The van der Waals surface area contributed by atoms with Crippen LogP contribution in [0, 0.1) is 0 Å². The minimum Gasteiger partial charge on any atom is -0.375 e. The lowest BCUT2D eigenvalue weighted by molar-refractivity contribution is -0.102. The van der Waals surface area contributed by atoms with Crippen LogP contribution in [-0.4, -0.2) is 48.8 Å². The zero-order valence-corrected chi connectivity index (χ0v) is 12.4. The molecular weight excluding hydrogens is 236 g/mol. The molecule has 1 aliphatic heterocycles. The van der Waals surface area contributed by atoms with Crippen molar-refractivity contribution in [2.45, 2.75) is 82.5 Å². The van der Waals surface area contributed by atoms with E-state index in [0.29, 0.717) is 6.10 Å². The lowest BCUT2D eigenvalue weighted by Gasteiger charge is -2.46. The molecular formula is C16H30N2O. The Morgan fingerprint density at radius 2 is 2.05 bits per heavy atom. The van der Waals surface area contributed by atoms with E-state index in [1.165, 1.54) is 64.5 Å². The third-order valence-electron chi connectivity index (χ3n) is 5.33. The first-order valence-corrected chi connectivity index (χ1v) is 8.49. The second-order valence-electron chi connectivity index (χ2n) is 6.62. The van der Waals surface area contributed by atoms with E-state index in [9.17, 15) is 0 Å². The van der Waals surface area contributed by atoms with Gasteiger partial charge in [-0.15, -0.1) is 0 Å². The predicted molar refractivity (Wildman–Crippen MR) is 78.4 cm³/mol. The molecule has 2 saturated carbocycles. The van der Waals surface area contributed by atoms with Crippen molar-refractivity contribution in [2.24, 2.45) is 0 Å². The molecule has 0 radical (unpaired) electrons. The Hall–Kier alpha value is -0.120. The number of hydrogen-bond donors (Lipinski definition) is 1. The highest BCUT2D eigenvalue weighted by molar-refractivity contribution is 4.95. The Morgan fingerprint density at radius 1 is 1.16 bits per heavy atom. The van der Waals surface area contributed by atoms with Crippen LogP contribution in [0.4, 0.5) is 0 Å². The van der Waals surface area contributed by atoms with Crippen LogP contribution >= 0.6 is 0 Å². The van der Waals surface area contributed by atoms with E-state index in [1.54, 1.807) is 0 Å². The molecule has 1 heterocycles. The summed E-state index contributed by atoms with van der Waals surface area (Å²) in [5, 5.41) is 3.71. The summed E-state index contributed by atoms with van der Waals surface area (Å²) in [6.45, 7) is 5.58. The summed E-state index contributed by atoms with van der Waals surface area (Å²) < 4.78 is 6.01. The van der Waals surface area contributed by atoms with Crippen molar-refractivity contribution in [3.63, 3.8) is 0 Å². The van der Waals surface area contributed by atoms with Crippen molar-refractivity contribution >= 4 is 0 Å². The maximum atomic E-state index is 6.01. The van der Waals surface area contributed by atoms with Crippen LogP contribution in [-0.2, 0) is 4.74 Å². The van der Waals surface area contributed by atoms with Gasteiger partial charge in [-0.2, -0.15) is 0 Å². The van der Waals surface area contributed by atoms with Gasteiger partial charge in [-0.25, -0.2) is 0 Å². The molecule has 0 aromatic rings. The first-order valence-electron chi connectivity index (χ1n) is 8.49. The summed E-state index contributed by atoms with van der Waals surface area (Å²) in [6.07, 6.45) is 11.4. The normalized spacial score (nSPS) is 40.3. The Kier molecular flexibility index (Phi) is 4.78. The quantitative estimate of drug-likeness (QED) is 0.846. The summed E-state index contributed by atoms with van der Waals surface area (Å²) in [7, 11) is 0. The molecule has 0 aromatic heterocycles. The summed E-state index contributed by atoms with van der Waals surface area (Å²) in [6, 6.07) is 2.33. The fourth-order valence-corrected chi connectivity index (χ4v) is 4.37. The molecule has 3 heteroatoms. The molecule has 3 nitrogen and oxygen atoms in total. The van der Waals surface area contributed by atoms with Crippen molar-refractivity contribution in [3.8, 4) is 0 Å². The standard InChI is InChI=1S/C16H30N2O/c1-2-9-17-13-7-8-14(12-13)18-10-11-19-16-6-4-3-5-15(16)18/h13-17H,2-12H2,1H3. The van der Waals surface area contributed by atoms with E-state index in [4.69, 9.17) is 4.74 Å². The van der Waals surface area contributed by atoms with Gasteiger partial charge in [0.2, 0.25) is 0 Å². The Balaban J connectivity index is 1.56. The van der Waals surface area contributed by atoms with Crippen LogP contribution < -0.4 is 5.32 Å². The second-order valence-corrected chi connectivity index (χ2v) is 6.62. The number of rotatable bonds is 4. The Morgan fingerprint density at radius 3 is 2.95 bits per heavy atom. The molecule has 3 fully saturated rings. The van der Waals surface area contributed by atoms with E-state index in [-0.39, 0.29) is 0 Å². The van der Waals surface area contributed by atoms with Crippen LogP contribution in [0.25, 0.3) is 0 Å². The van der Waals surface area contributed by atoms with E-state index < -0.39 is 0 Å². The lowest BCUT2D eigenvalue weighted by atomic mass is 9.89. The van der Waals surface area contributed by atoms with E-state index in [0.717, 1.165) is 24.7 Å². The summed E-state index contributed by atoms with van der Waals surface area (Å²) in [5.74, 6) is 0. The fraction of sp³-hybridized carbons (Fsp3) is 1.00. The van der Waals surface area contributed by atoms with Crippen LogP contribution in [0.5, 0.6) is 0 Å².